The summed E-state index contributed by atoms with van der Waals surface area (Å²) in [6, 6.07) is 8.63. The quantitative estimate of drug-likeness (QED) is 0.904. The lowest BCUT2D eigenvalue weighted by Crippen LogP contribution is -2.58. The average Bonchev–Trinajstić information content (AvgIpc) is 2.47. The van der Waals surface area contributed by atoms with Crippen molar-refractivity contribution in [1.29, 1.82) is 0 Å². The molecule has 0 amide bonds. The predicted octanol–water partition coefficient (Wildman–Crippen LogP) is 2.88. The molecule has 0 radical (unpaired) electrons. The third-order valence-corrected chi connectivity index (χ3v) is 4.98. The number of rotatable bonds is 5. The Morgan fingerprint density at radius 2 is 1.86 bits per heavy atom. The summed E-state index contributed by atoms with van der Waals surface area (Å²) in [6.45, 7) is 11.0. The summed E-state index contributed by atoms with van der Waals surface area (Å²) in [6.07, 6.45) is 2.31. The van der Waals surface area contributed by atoms with Gasteiger partial charge in [-0.25, -0.2) is 0 Å². The Morgan fingerprint density at radius 1 is 1.24 bits per heavy atom. The van der Waals surface area contributed by atoms with Crippen molar-refractivity contribution >= 4 is 5.69 Å². The number of piperidine rings is 1. The standard InChI is InChI=1S/C18H31N3/c1-15(2)13-21-11-9-18(14-19,10-12-21)20(4)17-8-6-5-7-16(17)3/h5-8,15H,9-14,19H2,1-4H3. The first-order chi connectivity index (χ1) is 9.98. The Balaban J connectivity index is 2.11. The number of likely N-dealkylation sites (tertiary alicyclic amines) is 1. The number of nitrogens with two attached hydrogens (primary N) is 1. The summed E-state index contributed by atoms with van der Waals surface area (Å²) in [7, 11) is 2.22. The van der Waals surface area contributed by atoms with Gasteiger partial charge in [-0.05, 0) is 37.3 Å². The second kappa shape index (κ2) is 6.80. The maximum atomic E-state index is 6.21. The minimum absolute atomic E-state index is 0.111. The van der Waals surface area contributed by atoms with Crippen LogP contribution in [0.2, 0.25) is 0 Å². The van der Waals surface area contributed by atoms with E-state index in [0.29, 0.717) is 0 Å². The molecule has 2 N–H and O–H groups in total. The topological polar surface area (TPSA) is 32.5 Å². The smallest absolute Gasteiger partial charge is 0.0545 e. The lowest BCUT2D eigenvalue weighted by Gasteiger charge is -2.48. The van der Waals surface area contributed by atoms with Gasteiger partial charge in [0.1, 0.15) is 0 Å². The Kier molecular flexibility index (Phi) is 5.28. The van der Waals surface area contributed by atoms with Gasteiger partial charge in [-0.2, -0.15) is 0 Å². The molecule has 2 rings (SSSR count). The molecule has 1 saturated heterocycles. The number of nitrogens with zero attached hydrogens (tertiary/aromatic N) is 2. The molecule has 3 heteroatoms. The van der Waals surface area contributed by atoms with E-state index < -0.39 is 0 Å². The number of hydrogen-bond acceptors (Lipinski definition) is 3. The van der Waals surface area contributed by atoms with Gasteiger partial charge in [-0.3, -0.25) is 0 Å². The molecule has 0 atom stereocenters. The fourth-order valence-electron chi connectivity index (χ4n) is 3.54. The number of likely N-dealkylation sites (N-methyl/N-ethyl adjacent to an activating group) is 1. The molecule has 1 heterocycles. The fourth-order valence-corrected chi connectivity index (χ4v) is 3.54. The molecule has 0 aromatic heterocycles. The van der Waals surface area contributed by atoms with Crippen LogP contribution in [0.25, 0.3) is 0 Å². The molecule has 1 aliphatic heterocycles. The fraction of sp³-hybridized carbons (Fsp3) is 0.667. The minimum Gasteiger partial charge on any atom is -0.367 e. The van der Waals surface area contributed by atoms with Gasteiger partial charge >= 0.3 is 0 Å². The minimum atomic E-state index is 0.111. The van der Waals surface area contributed by atoms with E-state index in [9.17, 15) is 0 Å². The largest absolute Gasteiger partial charge is 0.367 e. The van der Waals surface area contributed by atoms with Crippen molar-refractivity contribution in [1.82, 2.24) is 4.90 Å². The van der Waals surface area contributed by atoms with E-state index in [-0.39, 0.29) is 5.54 Å². The molecule has 118 valence electrons. The van der Waals surface area contributed by atoms with Crippen molar-refractivity contribution in [3.63, 3.8) is 0 Å². The van der Waals surface area contributed by atoms with Crippen molar-refractivity contribution in [3.8, 4) is 0 Å². The zero-order chi connectivity index (χ0) is 15.5. The molecule has 0 bridgehead atoms. The average molecular weight is 289 g/mol. The number of aryl methyl sites for hydroxylation is 1. The Morgan fingerprint density at radius 3 is 2.38 bits per heavy atom. The van der Waals surface area contributed by atoms with Crippen molar-refractivity contribution < 1.29 is 0 Å². The third kappa shape index (κ3) is 3.58. The second-order valence-electron chi connectivity index (χ2n) is 6.97. The highest BCUT2D eigenvalue weighted by atomic mass is 15.2. The van der Waals surface area contributed by atoms with Gasteiger partial charge in [0.25, 0.3) is 0 Å². The molecule has 1 fully saturated rings. The molecule has 1 aliphatic rings. The van der Waals surface area contributed by atoms with Gasteiger partial charge in [0.05, 0.1) is 5.54 Å². The number of para-hydroxylation sites is 1. The van der Waals surface area contributed by atoms with Crippen LogP contribution in [-0.4, -0.2) is 43.7 Å². The van der Waals surface area contributed by atoms with Crippen LogP contribution in [0.4, 0.5) is 5.69 Å². The molecule has 0 spiro atoms. The zero-order valence-corrected chi connectivity index (χ0v) is 14.1. The van der Waals surface area contributed by atoms with Crippen LogP contribution >= 0.6 is 0 Å². The van der Waals surface area contributed by atoms with Crippen LogP contribution < -0.4 is 10.6 Å². The molecule has 1 aromatic carbocycles. The van der Waals surface area contributed by atoms with Gasteiger partial charge in [-0.1, -0.05) is 32.0 Å². The lowest BCUT2D eigenvalue weighted by molar-refractivity contribution is 0.148. The van der Waals surface area contributed by atoms with Crippen LogP contribution in [0.15, 0.2) is 24.3 Å². The summed E-state index contributed by atoms with van der Waals surface area (Å²) in [5.74, 6) is 0.740. The summed E-state index contributed by atoms with van der Waals surface area (Å²) in [5, 5.41) is 0. The highest BCUT2D eigenvalue weighted by Gasteiger charge is 2.37. The molecule has 0 unspecified atom stereocenters. The molecule has 0 saturated carbocycles. The molecular weight excluding hydrogens is 258 g/mol. The lowest BCUT2D eigenvalue weighted by atomic mass is 9.85. The van der Waals surface area contributed by atoms with Gasteiger partial charge < -0.3 is 15.5 Å². The summed E-state index contributed by atoms with van der Waals surface area (Å²) >= 11 is 0. The summed E-state index contributed by atoms with van der Waals surface area (Å²) in [5.41, 5.74) is 8.97. The van der Waals surface area contributed by atoms with Crippen molar-refractivity contribution in [2.75, 3.05) is 38.1 Å². The van der Waals surface area contributed by atoms with Crippen molar-refractivity contribution in [2.24, 2.45) is 11.7 Å². The Labute approximate surface area is 130 Å². The van der Waals surface area contributed by atoms with Crippen LogP contribution in [-0.2, 0) is 0 Å². The molecule has 3 nitrogen and oxygen atoms in total. The number of hydrogen-bond donors (Lipinski definition) is 1. The Hall–Kier alpha value is -1.06. The van der Waals surface area contributed by atoms with Crippen LogP contribution in [0, 0.1) is 12.8 Å². The highest BCUT2D eigenvalue weighted by molar-refractivity contribution is 5.54. The molecule has 0 aliphatic carbocycles. The molecular formula is C18H31N3. The molecule has 1 aromatic rings. The van der Waals surface area contributed by atoms with Gasteiger partial charge in [0.2, 0.25) is 0 Å². The van der Waals surface area contributed by atoms with Gasteiger partial charge in [-0.15, -0.1) is 0 Å². The maximum Gasteiger partial charge on any atom is 0.0545 e. The highest BCUT2D eigenvalue weighted by Crippen LogP contribution is 2.33. The van der Waals surface area contributed by atoms with E-state index in [1.807, 2.05) is 0 Å². The van der Waals surface area contributed by atoms with Gasteiger partial charge in [0.15, 0.2) is 0 Å². The van der Waals surface area contributed by atoms with Crippen LogP contribution in [0.1, 0.15) is 32.3 Å². The van der Waals surface area contributed by atoms with Crippen LogP contribution in [0.5, 0.6) is 0 Å². The first-order valence-electron chi connectivity index (χ1n) is 8.20. The zero-order valence-electron chi connectivity index (χ0n) is 14.1. The van der Waals surface area contributed by atoms with Gasteiger partial charge in [0, 0.05) is 38.9 Å². The third-order valence-electron chi connectivity index (χ3n) is 4.98. The second-order valence-corrected chi connectivity index (χ2v) is 6.97. The summed E-state index contributed by atoms with van der Waals surface area (Å²) < 4.78 is 0. The SMILES string of the molecule is Cc1ccccc1N(C)C1(CN)CCN(CC(C)C)CC1. The first-order valence-corrected chi connectivity index (χ1v) is 8.20. The van der Waals surface area contributed by atoms with E-state index in [1.165, 1.54) is 17.8 Å². The van der Waals surface area contributed by atoms with Crippen LogP contribution in [0.3, 0.4) is 0 Å². The first kappa shape index (κ1) is 16.3. The normalized spacial score (nSPS) is 19.0. The van der Waals surface area contributed by atoms with E-state index in [0.717, 1.165) is 38.4 Å². The number of anilines is 1. The van der Waals surface area contributed by atoms with Crippen molar-refractivity contribution in [2.45, 2.75) is 39.2 Å². The monoisotopic (exact) mass is 289 g/mol. The van der Waals surface area contributed by atoms with E-state index in [4.69, 9.17) is 5.73 Å². The summed E-state index contributed by atoms with van der Waals surface area (Å²) in [4.78, 5) is 5.03. The molecule has 21 heavy (non-hydrogen) atoms. The van der Waals surface area contributed by atoms with E-state index in [2.05, 4.69) is 61.9 Å². The van der Waals surface area contributed by atoms with E-state index in [1.54, 1.807) is 0 Å². The predicted molar refractivity (Wildman–Crippen MR) is 91.9 cm³/mol. The van der Waals surface area contributed by atoms with Crippen molar-refractivity contribution in [3.05, 3.63) is 29.8 Å². The Bertz CT molecular complexity index is 448. The maximum absolute atomic E-state index is 6.21. The van der Waals surface area contributed by atoms with E-state index >= 15 is 0 Å². The number of benzene rings is 1.